The maximum Gasteiger partial charge on any atom is 0.110 e. The number of nitrogens with zero attached hydrogens (tertiary/aromatic N) is 2. The van der Waals surface area contributed by atoms with E-state index in [0.29, 0.717) is 0 Å². The van der Waals surface area contributed by atoms with Crippen molar-refractivity contribution in [3.05, 3.63) is 58.3 Å². The second kappa shape index (κ2) is 6.35. The largest absolute Gasteiger partial charge is 0.192 e. The summed E-state index contributed by atoms with van der Waals surface area (Å²) in [6.45, 7) is 0. The van der Waals surface area contributed by atoms with E-state index in [1.165, 1.54) is 42.2 Å². The van der Waals surface area contributed by atoms with Gasteiger partial charge in [0.15, 0.2) is 0 Å². The molecule has 0 aliphatic rings. The maximum atomic E-state index is 8.96. The van der Waals surface area contributed by atoms with Gasteiger partial charge in [-0.3, -0.25) is 0 Å². The molecular weight excluding hydrogens is 372 g/mol. The number of rotatable bonds is 3. The third-order valence-electron chi connectivity index (χ3n) is 3.37. The van der Waals surface area contributed by atoms with Gasteiger partial charge in [-0.2, -0.15) is 10.5 Å². The monoisotopic (exact) mass is 380 g/mol. The first-order chi connectivity index (χ1) is 11.8. The van der Waals surface area contributed by atoms with Gasteiger partial charge in [0, 0.05) is 29.3 Å². The van der Waals surface area contributed by atoms with Crippen LogP contribution in [-0.2, 0) is 0 Å². The van der Waals surface area contributed by atoms with E-state index < -0.39 is 0 Å². The van der Waals surface area contributed by atoms with Gasteiger partial charge in [-0.05, 0) is 48.5 Å². The van der Waals surface area contributed by atoms with E-state index in [4.69, 9.17) is 10.5 Å². The van der Waals surface area contributed by atoms with Crippen LogP contribution in [0.3, 0.4) is 0 Å². The van der Waals surface area contributed by atoms with E-state index in [-0.39, 0.29) is 0 Å². The lowest BCUT2D eigenvalue weighted by Gasteiger charge is -1.91. The first-order valence-electron chi connectivity index (χ1n) is 6.97. The minimum absolute atomic E-state index is 0.740. The van der Waals surface area contributed by atoms with Crippen LogP contribution in [0.1, 0.15) is 9.75 Å². The van der Waals surface area contributed by atoms with Gasteiger partial charge in [0.2, 0.25) is 0 Å². The highest BCUT2D eigenvalue weighted by Gasteiger charge is 2.11. The zero-order chi connectivity index (χ0) is 16.5. The summed E-state index contributed by atoms with van der Waals surface area (Å²) in [6.07, 6.45) is 0. The Morgan fingerprint density at radius 3 is 1.04 bits per heavy atom. The number of thiophene rings is 4. The topological polar surface area (TPSA) is 47.6 Å². The zero-order valence-corrected chi connectivity index (χ0v) is 15.4. The lowest BCUT2D eigenvalue weighted by molar-refractivity contribution is 1.52. The second-order valence-electron chi connectivity index (χ2n) is 4.88. The van der Waals surface area contributed by atoms with E-state index in [1.54, 1.807) is 22.7 Å². The third kappa shape index (κ3) is 2.82. The molecule has 0 saturated heterocycles. The van der Waals surface area contributed by atoms with Gasteiger partial charge in [-0.1, -0.05) is 0 Å². The lowest BCUT2D eigenvalue weighted by Crippen LogP contribution is -1.58. The average Bonchev–Trinajstić information content (AvgIpc) is 3.40. The SMILES string of the molecule is N#Cc1ccc(-c2ccc(-c3ccc(-c4ccc(C#N)s4)s3)s2)s1. The van der Waals surface area contributed by atoms with Crippen LogP contribution in [-0.4, -0.2) is 0 Å². The Morgan fingerprint density at radius 1 is 0.458 bits per heavy atom. The van der Waals surface area contributed by atoms with Crippen molar-refractivity contribution in [3.63, 3.8) is 0 Å². The molecule has 0 amide bonds. The molecule has 0 aliphatic heterocycles. The highest BCUT2D eigenvalue weighted by atomic mass is 32.1. The summed E-state index contributed by atoms with van der Waals surface area (Å²) in [5, 5.41) is 17.9. The van der Waals surface area contributed by atoms with Crippen molar-refractivity contribution in [1.82, 2.24) is 0 Å². The molecule has 0 saturated carbocycles. The van der Waals surface area contributed by atoms with Gasteiger partial charge in [0.05, 0.1) is 0 Å². The van der Waals surface area contributed by atoms with Gasteiger partial charge in [-0.25, -0.2) is 0 Å². The Morgan fingerprint density at radius 2 is 0.750 bits per heavy atom. The summed E-state index contributed by atoms with van der Waals surface area (Å²) in [6, 6.07) is 20.6. The standard InChI is InChI=1S/C18H8N2S4/c19-9-11-1-3-13(21-11)15-5-7-17(23-15)18-8-6-16(24-18)14-4-2-12(10-20)22-14/h1-8H. The maximum absolute atomic E-state index is 8.96. The average molecular weight is 381 g/mol. The van der Waals surface area contributed by atoms with Crippen LogP contribution in [0.4, 0.5) is 0 Å². The van der Waals surface area contributed by atoms with Gasteiger partial charge in [-0.15, -0.1) is 45.3 Å². The molecular formula is C18H8N2S4. The van der Waals surface area contributed by atoms with Crippen molar-refractivity contribution in [1.29, 1.82) is 10.5 Å². The Kier molecular flexibility index (Phi) is 4.05. The van der Waals surface area contributed by atoms with Crippen LogP contribution in [0.5, 0.6) is 0 Å². The van der Waals surface area contributed by atoms with Crippen LogP contribution in [0, 0.1) is 22.7 Å². The van der Waals surface area contributed by atoms with E-state index in [0.717, 1.165) is 19.5 Å². The predicted octanol–water partition coefficient (Wildman–Crippen LogP) is 6.68. The molecule has 6 heteroatoms. The molecule has 4 rings (SSSR count). The Balaban J connectivity index is 1.63. The quantitative estimate of drug-likeness (QED) is 0.398. The fraction of sp³-hybridized carbons (Fsp3) is 0. The van der Waals surface area contributed by atoms with Crippen LogP contribution in [0.2, 0.25) is 0 Å². The van der Waals surface area contributed by atoms with Crippen molar-refractivity contribution in [3.8, 4) is 41.4 Å². The van der Waals surface area contributed by atoms with E-state index in [2.05, 4.69) is 36.4 Å². The van der Waals surface area contributed by atoms with E-state index in [9.17, 15) is 0 Å². The Bertz CT molecular complexity index is 1010. The minimum Gasteiger partial charge on any atom is -0.192 e. The molecule has 0 atom stereocenters. The van der Waals surface area contributed by atoms with Gasteiger partial charge in [0.25, 0.3) is 0 Å². The summed E-state index contributed by atoms with van der Waals surface area (Å²) >= 11 is 6.54. The number of nitriles is 2. The first kappa shape index (κ1) is 15.3. The Hall–Kier alpha value is -2.22. The molecule has 2 nitrogen and oxygen atoms in total. The first-order valence-corrected chi connectivity index (χ1v) is 10.2. The fourth-order valence-corrected chi connectivity index (χ4v) is 6.16. The van der Waals surface area contributed by atoms with Crippen LogP contribution < -0.4 is 0 Å². The van der Waals surface area contributed by atoms with Crippen molar-refractivity contribution >= 4 is 45.3 Å². The molecule has 0 aromatic carbocycles. The van der Waals surface area contributed by atoms with Crippen LogP contribution >= 0.6 is 45.3 Å². The van der Waals surface area contributed by atoms with Crippen molar-refractivity contribution < 1.29 is 0 Å². The summed E-state index contributed by atoms with van der Waals surface area (Å²) < 4.78 is 0. The molecule has 4 aromatic rings. The van der Waals surface area contributed by atoms with E-state index in [1.807, 2.05) is 24.3 Å². The molecule has 24 heavy (non-hydrogen) atoms. The van der Waals surface area contributed by atoms with Crippen LogP contribution in [0.15, 0.2) is 48.5 Å². The minimum atomic E-state index is 0.740. The highest BCUT2D eigenvalue weighted by molar-refractivity contribution is 7.28. The molecule has 0 radical (unpaired) electrons. The number of hydrogen-bond acceptors (Lipinski definition) is 6. The molecule has 114 valence electrons. The molecule has 0 aliphatic carbocycles. The lowest BCUT2D eigenvalue weighted by atomic mass is 10.3. The molecule has 0 spiro atoms. The molecule has 0 fully saturated rings. The molecule has 0 unspecified atom stereocenters. The molecule has 4 heterocycles. The fourth-order valence-electron chi connectivity index (χ4n) is 2.27. The number of hydrogen-bond donors (Lipinski definition) is 0. The van der Waals surface area contributed by atoms with Gasteiger partial charge >= 0.3 is 0 Å². The predicted molar refractivity (Wildman–Crippen MR) is 104 cm³/mol. The normalized spacial score (nSPS) is 10.4. The van der Waals surface area contributed by atoms with Crippen molar-refractivity contribution in [2.75, 3.05) is 0 Å². The van der Waals surface area contributed by atoms with E-state index >= 15 is 0 Å². The Labute approximate surface area is 155 Å². The summed E-state index contributed by atoms with van der Waals surface area (Å²) in [5.74, 6) is 0. The second-order valence-corrected chi connectivity index (χ2v) is 9.21. The van der Waals surface area contributed by atoms with Gasteiger partial charge < -0.3 is 0 Å². The summed E-state index contributed by atoms with van der Waals surface area (Å²) in [5.41, 5.74) is 0. The zero-order valence-electron chi connectivity index (χ0n) is 12.1. The third-order valence-corrected chi connectivity index (χ3v) is 8.11. The summed E-state index contributed by atoms with van der Waals surface area (Å²) in [7, 11) is 0. The van der Waals surface area contributed by atoms with Crippen LogP contribution in [0.25, 0.3) is 29.3 Å². The molecule has 4 aromatic heterocycles. The van der Waals surface area contributed by atoms with Crippen molar-refractivity contribution in [2.45, 2.75) is 0 Å². The smallest absolute Gasteiger partial charge is 0.110 e. The molecule has 0 bridgehead atoms. The van der Waals surface area contributed by atoms with Crippen molar-refractivity contribution in [2.24, 2.45) is 0 Å². The highest BCUT2D eigenvalue weighted by Crippen LogP contribution is 2.42. The van der Waals surface area contributed by atoms with Gasteiger partial charge in [0.1, 0.15) is 21.9 Å². The molecule has 0 N–H and O–H groups in total. The summed E-state index contributed by atoms with van der Waals surface area (Å²) in [4.78, 5) is 8.58.